The Hall–Kier alpha value is -1.02. The van der Waals surface area contributed by atoms with Crippen LogP contribution in [0.4, 0.5) is 5.42 Å². The van der Waals surface area contributed by atoms with E-state index >= 15 is 0 Å². The molecule has 1 rings (SSSR count). The van der Waals surface area contributed by atoms with E-state index in [1.165, 1.54) is 0 Å². The summed E-state index contributed by atoms with van der Waals surface area (Å²) in [5.74, 6) is 1.05. The third-order valence-corrected chi connectivity index (χ3v) is 1.71. The molecule has 0 aliphatic carbocycles. The van der Waals surface area contributed by atoms with Gasteiger partial charge >= 0.3 is 0 Å². The zero-order chi connectivity index (χ0) is 6.85. The van der Waals surface area contributed by atoms with Crippen LogP contribution in [0.1, 0.15) is 10.5 Å². The van der Waals surface area contributed by atoms with E-state index in [9.17, 15) is 4.79 Å². The van der Waals surface area contributed by atoms with Crippen LogP contribution in [0.5, 0.6) is 0 Å². The maximum absolute atomic E-state index is 10.4. The van der Waals surface area contributed by atoms with Crippen molar-refractivity contribution < 1.29 is 4.79 Å². The molecule has 1 unspecified atom stereocenters. The van der Waals surface area contributed by atoms with E-state index in [1.54, 1.807) is 5.93 Å². The maximum Gasteiger partial charge on any atom is 0.269 e. The normalized spacial score (nSPS) is 10.2. The van der Waals surface area contributed by atoms with Gasteiger partial charge in [-0.2, -0.15) is 0 Å². The zero-order valence-corrected chi connectivity index (χ0v) is 5.59. The van der Waals surface area contributed by atoms with E-state index < -0.39 is 5.91 Å². The molecule has 0 aromatic carbocycles. The van der Waals surface area contributed by atoms with Gasteiger partial charge in [0.25, 0.3) is 5.91 Å². The van der Waals surface area contributed by atoms with Crippen LogP contribution < -0.4 is 11.5 Å². The first kappa shape index (κ1) is 6.11. The number of carbonyl (C=O) groups is 1. The standard InChI is InChI=1S/C4H6N3OP/c5-3(8)2-4(6)9-1-7-2/h1,9H,6H2,(H2,5,8). The van der Waals surface area contributed by atoms with Crippen LogP contribution in [0.25, 0.3) is 0 Å². The highest BCUT2D eigenvalue weighted by molar-refractivity contribution is 7.33. The Balaban J connectivity index is 3.08. The number of carbonyl (C=O) groups excluding carboxylic acids is 1. The summed E-state index contributed by atoms with van der Waals surface area (Å²) < 4.78 is 0. The number of hydrogen-bond acceptors (Lipinski definition) is 3. The van der Waals surface area contributed by atoms with Crippen molar-refractivity contribution in [2.24, 2.45) is 5.73 Å². The molecule has 1 aromatic heterocycles. The van der Waals surface area contributed by atoms with Gasteiger partial charge < -0.3 is 11.5 Å². The van der Waals surface area contributed by atoms with Gasteiger partial charge in [0, 0.05) is 5.93 Å². The van der Waals surface area contributed by atoms with Gasteiger partial charge in [0.15, 0.2) is 5.69 Å². The second kappa shape index (κ2) is 2.07. The second-order valence-corrected chi connectivity index (χ2v) is 2.61. The average molecular weight is 143 g/mol. The summed E-state index contributed by atoms with van der Waals surface area (Å²) in [5.41, 5.74) is 11.0. The molecule has 4 nitrogen and oxygen atoms in total. The molecular formula is C4H6N3OP. The van der Waals surface area contributed by atoms with E-state index in [4.69, 9.17) is 11.5 Å². The van der Waals surface area contributed by atoms with E-state index in [0.29, 0.717) is 13.6 Å². The number of hydrogen-bond donors (Lipinski definition) is 2. The summed E-state index contributed by atoms with van der Waals surface area (Å²) in [6, 6.07) is 0. The first-order valence-electron chi connectivity index (χ1n) is 2.30. The van der Waals surface area contributed by atoms with E-state index in [-0.39, 0.29) is 5.69 Å². The lowest BCUT2D eigenvalue weighted by atomic mass is 10.4. The molecule has 1 atom stereocenters. The van der Waals surface area contributed by atoms with Crippen LogP contribution in [0.3, 0.4) is 0 Å². The number of primary amides is 1. The van der Waals surface area contributed by atoms with Crippen molar-refractivity contribution in [3.05, 3.63) is 11.6 Å². The van der Waals surface area contributed by atoms with E-state index in [1.807, 2.05) is 0 Å². The minimum absolute atomic E-state index is 0.216. The van der Waals surface area contributed by atoms with Gasteiger partial charge in [-0.05, 0) is 0 Å². The predicted octanol–water partition coefficient (Wildman–Crippen LogP) is -0.206. The smallest absolute Gasteiger partial charge is 0.269 e. The lowest BCUT2D eigenvalue weighted by molar-refractivity contribution is 0.0997. The van der Waals surface area contributed by atoms with Gasteiger partial charge in [0.1, 0.15) is 0 Å². The predicted molar refractivity (Wildman–Crippen MR) is 36.7 cm³/mol. The Labute approximate surface area is 53.3 Å². The largest absolute Gasteiger partial charge is 0.394 e. The average Bonchev–Trinajstić information content (AvgIpc) is 2.13. The highest BCUT2D eigenvalue weighted by atomic mass is 31.0. The number of aromatic nitrogens is 1. The van der Waals surface area contributed by atoms with Crippen molar-refractivity contribution in [2.45, 2.75) is 0 Å². The van der Waals surface area contributed by atoms with E-state index in [2.05, 4.69) is 4.98 Å². The molecule has 0 aliphatic rings. The third-order valence-electron chi connectivity index (χ3n) is 0.902. The number of nitrogens with zero attached hydrogens (tertiary/aromatic N) is 1. The van der Waals surface area contributed by atoms with Crippen molar-refractivity contribution in [1.29, 1.82) is 0 Å². The Morgan fingerprint density at radius 2 is 2.44 bits per heavy atom. The molecule has 0 spiro atoms. The molecule has 0 saturated carbocycles. The van der Waals surface area contributed by atoms with Crippen LogP contribution in [0.15, 0.2) is 5.93 Å². The topological polar surface area (TPSA) is 82.0 Å². The van der Waals surface area contributed by atoms with Gasteiger partial charge in [-0.3, -0.25) is 4.79 Å². The molecule has 4 N–H and O–H groups in total. The van der Waals surface area contributed by atoms with Crippen LogP contribution in [-0.2, 0) is 0 Å². The Kier molecular flexibility index (Phi) is 1.40. The lowest BCUT2D eigenvalue weighted by Crippen LogP contribution is -2.12. The molecule has 0 aliphatic heterocycles. The van der Waals surface area contributed by atoms with Gasteiger partial charge in [-0.25, -0.2) is 4.98 Å². The van der Waals surface area contributed by atoms with E-state index in [0.717, 1.165) is 0 Å². The molecule has 48 valence electrons. The summed E-state index contributed by atoms with van der Waals surface area (Å²) in [7, 11) is 0.320. The molecular weight excluding hydrogens is 137 g/mol. The number of anilines is 1. The van der Waals surface area contributed by atoms with Gasteiger partial charge in [-0.15, -0.1) is 0 Å². The summed E-state index contributed by atoms with van der Waals surface area (Å²) in [5, 5.41) is 0. The highest BCUT2D eigenvalue weighted by Crippen LogP contribution is 2.19. The zero-order valence-electron chi connectivity index (χ0n) is 4.59. The number of amides is 1. The first-order chi connectivity index (χ1) is 4.22. The molecule has 0 fully saturated rings. The SMILES string of the molecule is NC(=O)c1nc[pH]c1N. The molecule has 9 heavy (non-hydrogen) atoms. The summed E-state index contributed by atoms with van der Waals surface area (Å²) in [4.78, 5) is 14.1. The fourth-order valence-corrected chi connectivity index (χ4v) is 1.16. The molecule has 1 heterocycles. The number of nitrogen functional groups attached to an aromatic ring is 1. The lowest BCUT2D eigenvalue weighted by Gasteiger charge is -1.87. The molecule has 5 heteroatoms. The van der Waals surface area contributed by atoms with Gasteiger partial charge in [0.2, 0.25) is 0 Å². The Bertz CT molecular complexity index is 231. The van der Waals surface area contributed by atoms with Crippen molar-refractivity contribution in [3.8, 4) is 0 Å². The van der Waals surface area contributed by atoms with Crippen molar-refractivity contribution >= 4 is 19.5 Å². The molecule has 0 radical (unpaired) electrons. The van der Waals surface area contributed by atoms with Gasteiger partial charge in [-0.1, -0.05) is 8.19 Å². The summed E-state index contributed by atoms with van der Waals surface area (Å²) >= 11 is 0. The van der Waals surface area contributed by atoms with Crippen LogP contribution >= 0.6 is 8.19 Å². The summed E-state index contributed by atoms with van der Waals surface area (Å²) in [6.45, 7) is 0. The van der Waals surface area contributed by atoms with Crippen LogP contribution in [-0.4, -0.2) is 10.9 Å². The van der Waals surface area contributed by atoms with Gasteiger partial charge in [0.05, 0.1) is 5.42 Å². The summed E-state index contributed by atoms with van der Waals surface area (Å²) in [6.07, 6.45) is 0. The highest BCUT2D eigenvalue weighted by Gasteiger charge is 2.05. The fourth-order valence-electron chi connectivity index (χ4n) is 0.501. The molecule has 0 saturated heterocycles. The van der Waals surface area contributed by atoms with Crippen LogP contribution in [0, 0.1) is 0 Å². The van der Waals surface area contributed by atoms with Crippen molar-refractivity contribution in [2.75, 3.05) is 5.73 Å². The monoisotopic (exact) mass is 143 g/mol. The first-order valence-corrected chi connectivity index (χ1v) is 3.38. The maximum atomic E-state index is 10.4. The third kappa shape index (κ3) is 1.03. The molecule has 1 aromatic rings. The van der Waals surface area contributed by atoms with Crippen molar-refractivity contribution in [1.82, 2.24) is 4.98 Å². The molecule has 0 bridgehead atoms. The second-order valence-electron chi connectivity index (χ2n) is 1.53. The van der Waals surface area contributed by atoms with Crippen LogP contribution in [0.2, 0.25) is 0 Å². The van der Waals surface area contributed by atoms with Crippen molar-refractivity contribution in [3.63, 3.8) is 0 Å². The quantitative estimate of drug-likeness (QED) is 0.570. The fraction of sp³-hybridized carbons (Fsp3) is 0. The Morgan fingerprint density at radius 3 is 2.67 bits per heavy atom. The molecule has 1 amide bonds. The number of nitrogens with two attached hydrogens (primary N) is 2. The minimum Gasteiger partial charge on any atom is -0.394 e. The number of rotatable bonds is 1. The Morgan fingerprint density at radius 1 is 1.78 bits per heavy atom. The minimum atomic E-state index is -0.547.